The van der Waals surface area contributed by atoms with E-state index in [0.29, 0.717) is 31.0 Å². The Kier molecular flexibility index (Phi) is 5.44. The van der Waals surface area contributed by atoms with Crippen molar-refractivity contribution in [3.63, 3.8) is 0 Å². The van der Waals surface area contributed by atoms with Crippen molar-refractivity contribution in [3.05, 3.63) is 22.2 Å². The molecule has 1 saturated heterocycles. The summed E-state index contributed by atoms with van der Waals surface area (Å²) >= 11 is 3.42. The van der Waals surface area contributed by atoms with Gasteiger partial charge in [0.15, 0.2) is 11.5 Å². The van der Waals surface area contributed by atoms with Crippen molar-refractivity contribution in [2.75, 3.05) is 20.8 Å². The van der Waals surface area contributed by atoms with E-state index in [0.717, 1.165) is 10.0 Å². The number of hydrogen-bond acceptors (Lipinski definition) is 5. The van der Waals surface area contributed by atoms with E-state index >= 15 is 0 Å². The molecule has 21 heavy (non-hydrogen) atoms. The molecule has 116 valence electrons. The molecule has 1 aromatic carbocycles. The fraction of sp³-hybridized carbons (Fsp3) is 0.500. The number of ether oxygens (including phenoxy) is 2. The Bertz CT molecular complexity index is 524. The number of β-amino-alcohol motifs (C(OH)–C–C–N with tert-alkyl or cyclic N) is 1. The fourth-order valence-electron chi connectivity index (χ4n) is 2.30. The summed E-state index contributed by atoms with van der Waals surface area (Å²) in [5.41, 5.74) is 0.895. The van der Waals surface area contributed by atoms with Crippen molar-refractivity contribution < 1.29 is 19.4 Å². The number of halogens is 1. The number of rotatable bonds is 5. The molecule has 0 aromatic heterocycles. The first-order chi connectivity index (χ1) is 10.0. The third-order valence-corrected chi connectivity index (χ3v) is 3.97. The maximum absolute atomic E-state index is 12.0. The summed E-state index contributed by atoms with van der Waals surface area (Å²) in [5.74, 6) is 1.11. The molecule has 1 fully saturated rings. The van der Waals surface area contributed by atoms with E-state index in [1.807, 2.05) is 12.1 Å². The van der Waals surface area contributed by atoms with Gasteiger partial charge in [0.2, 0.25) is 5.91 Å². The third-order valence-electron chi connectivity index (χ3n) is 3.38. The normalized spacial score (nSPS) is 21.1. The average molecular weight is 359 g/mol. The van der Waals surface area contributed by atoms with Crippen LogP contribution in [-0.4, -0.2) is 43.9 Å². The Morgan fingerprint density at radius 3 is 2.81 bits per heavy atom. The Morgan fingerprint density at radius 2 is 2.24 bits per heavy atom. The van der Waals surface area contributed by atoms with Gasteiger partial charge in [0.05, 0.1) is 30.8 Å². The number of aliphatic hydroxyl groups excluding tert-OH is 1. The van der Waals surface area contributed by atoms with Crippen molar-refractivity contribution in [1.29, 1.82) is 0 Å². The van der Waals surface area contributed by atoms with Crippen LogP contribution in [-0.2, 0) is 11.3 Å². The van der Waals surface area contributed by atoms with Gasteiger partial charge in [0.1, 0.15) is 0 Å². The van der Waals surface area contributed by atoms with Crippen LogP contribution in [0.4, 0.5) is 0 Å². The molecule has 0 bridgehead atoms. The number of aliphatic hydroxyl groups is 1. The number of amides is 1. The Morgan fingerprint density at radius 1 is 1.48 bits per heavy atom. The van der Waals surface area contributed by atoms with Gasteiger partial charge in [0.25, 0.3) is 0 Å². The Balaban J connectivity index is 2.00. The van der Waals surface area contributed by atoms with Gasteiger partial charge in [-0.3, -0.25) is 4.79 Å². The fourth-order valence-corrected chi connectivity index (χ4v) is 2.95. The number of hydrogen-bond donors (Lipinski definition) is 3. The molecule has 0 aliphatic carbocycles. The van der Waals surface area contributed by atoms with E-state index in [1.165, 1.54) is 0 Å². The van der Waals surface area contributed by atoms with Gasteiger partial charge >= 0.3 is 0 Å². The van der Waals surface area contributed by atoms with Crippen LogP contribution in [0.1, 0.15) is 12.0 Å². The molecule has 1 aliphatic heterocycles. The number of benzene rings is 1. The Labute approximate surface area is 131 Å². The highest BCUT2D eigenvalue weighted by Crippen LogP contribution is 2.36. The lowest BCUT2D eigenvalue weighted by Crippen LogP contribution is -2.40. The van der Waals surface area contributed by atoms with Crippen LogP contribution in [0.2, 0.25) is 0 Å². The first kappa shape index (κ1) is 16.1. The lowest BCUT2D eigenvalue weighted by Gasteiger charge is -2.14. The molecule has 2 atom stereocenters. The predicted octanol–water partition coefficient (Wildman–Crippen LogP) is 0.805. The minimum absolute atomic E-state index is 0.113. The monoisotopic (exact) mass is 358 g/mol. The van der Waals surface area contributed by atoms with Crippen molar-refractivity contribution >= 4 is 21.8 Å². The topological polar surface area (TPSA) is 79.8 Å². The van der Waals surface area contributed by atoms with Gasteiger partial charge in [-0.15, -0.1) is 0 Å². The standard InChI is InChI=1S/C14H19BrN2O4/c1-20-12-4-8(3-10(15)13(12)21-2)6-17-14(19)11-5-9(18)7-16-11/h3-4,9,11,16,18H,5-7H2,1-2H3,(H,17,19). The molecule has 1 heterocycles. The molecule has 7 heteroatoms. The van der Waals surface area contributed by atoms with Gasteiger partial charge in [0, 0.05) is 13.1 Å². The van der Waals surface area contributed by atoms with E-state index in [9.17, 15) is 9.90 Å². The molecule has 6 nitrogen and oxygen atoms in total. The van der Waals surface area contributed by atoms with Crippen LogP contribution in [0, 0.1) is 0 Å². The summed E-state index contributed by atoms with van der Waals surface area (Å²) in [6.07, 6.45) is -0.00228. The van der Waals surface area contributed by atoms with E-state index in [4.69, 9.17) is 9.47 Å². The van der Waals surface area contributed by atoms with Crippen molar-refractivity contribution in [3.8, 4) is 11.5 Å². The van der Waals surface area contributed by atoms with Gasteiger partial charge in [-0.05, 0) is 40.0 Å². The quantitative estimate of drug-likeness (QED) is 0.725. The van der Waals surface area contributed by atoms with Crippen LogP contribution in [0.5, 0.6) is 11.5 Å². The first-order valence-electron chi connectivity index (χ1n) is 6.64. The maximum Gasteiger partial charge on any atom is 0.237 e. The zero-order valence-corrected chi connectivity index (χ0v) is 13.6. The molecule has 0 radical (unpaired) electrons. The smallest absolute Gasteiger partial charge is 0.237 e. The van der Waals surface area contributed by atoms with Crippen LogP contribution >= 0.6 is 15.9 Å². The third kappa shape index (κ3) is 3.87. The van der Waals surface area contributed by atoms with Crippen LogP contribution < -0.4 is 20.1 Å². The summed E-state index contributed by atoms with van der Waals surface area (Å²) in [7, 11) is 3.14. The second-order valence-electron chi connectivity index (χ2n) is 4.88. The number of methoxy groups -OCH3 is 2. The van der Waals surface area contributed by atoms with Gasteiger partial charge in [-0.2, -0.15) is 0 Å². The summed E-state index contributed by atoms with van der Waals surface area (Å²) in [5, 5.41) is 15.2. The second kappa shape index (κ2) is 7.11. The second-order valence-corrected chi connectivity index (χ2v) is 5.74. The molecule has 3 N–H and O–H groups in total. The summed E-state index contributed by atoms with van der Waals surface area (Å²) in [6, 6.07) is 3.36. The van der Waals surface area contributed by atoms with Crippen molar-refractivity contribution in [2.45, 2.75) is 25.1 Å². The molecule has 1 amide bonds. The van der Waals surface area contributed by atoms with Gasteiger partial charge in [-0.25, -0.2) is 0 Å². The molecule has 0 spiro atoms. The lowest BCUT2D eigenvalue weighted by molar-refractivity contribution is -0.123. The minimum atomic E-state index is -0.448. The van der Waals surface area contributed by atoms with Crippen LogP contribution in [0.3, 0.4) is 0 Å². The predicted molar refractivity (Wildman–Crippen MR) is 81.5 cm³/mol. The number of nitrogens with one attached hydrogen (secondary N) is 2. The summed E-state index contributed by atoms with van der Waals surface area (Å²) in [6.45, 7) is 0.839. The summed E-state index contributed by atoms with van der Waals surface area (Å²) in [4.78, 5) is 12.0. The van der Waals surface area contributed by atoms with E-state index in [2.05, 4.69) is 26.6 Å². The molecule has 1 aromatic rings. The lowest BCUT2D eigenvalue weighted by atomic mass is 10.1. The zero-order valence-electron chi connectivity index (χ0n) is 12.0. The van der Waals surface area contributed by atoms with E-state index < -0.39 is 6.10 Å². The number of carbonyl (C=O) groups is 1. The molecule has 2 rings (SSSR count). The largest absolute Gasteiger partial charge is 0.493 e. The summed E-state index contributed by atoms with van der Waals surface area (Å²) < 4.78 is 11.3. The SMILES string of the molecule is COc1cc(CNC(=O)C2CC(O)CN2)cc(Br)c1OC. The highest BCUT2D eigenvalue weighted by molar-refractivity contribution is 9.10. The maximum atomic E-state index is 12.0. The first-order valence-corrected chi connectivity index (χ1v) is 7.44. The minimum Gasteiger partial charge on any atom is -0.493 e. The van der Waals surface area contributed by atoms with Gasteiger partial charge in [-0.1, -0.05) is 0 Å². The zero-order chi connectivity index (χ0) is 15.4. The molecular weight excluding hydrogens is 340 g/mol. The van der Waals surface area contributed by atoms with Gasteiger partial charge < -0.3 is 25.2 Å². The van der Waals surface area contributed by atoms with Crippen LogP contribution in [0.25, 0.3) is 0 Å². The van der Waals surface area contributed by atoms with E-state index in [-0.39, 0.29) is 11.9 Å². The van der Waals surface area contributed by atoms with Crippen LogP contribution in [0.15, 0.2) is 16.6 Å². The van der Waals surface area contributed by atoms with Crippen molar-refractivity contribution in [2.24, 2.45) is 0 Å². The average Bonchev–Trinajstić information content (AvgIpc) is 2.90. The molecule has 1 aliphatic rings. The molecular formula is C14H19BrN2O4. The highest BCUT2D eigenvalue weighted by Gasteiger charge is 2.27. The van der Waals surface area contributed by atoms with Crippen molar-refractivity contribution in [1.82, 2.24) is 10.6 Å². The Hall–Kier alpha value is -1.31. The highest BCUT2D eigenvalue weighted by atomic mass is 79.9. The molecule has 0 saturated carbocycles. The number of carbonyl (C=O) groups excluding carboxylic acids is 1. The molecule has 2 unspecified atom stereocenters. The van der Waals surface area contributed by atoms with E-state index in [1.54, 1.807) is 14.2 Å².